The van der Waals surface area contributed by atoms with Crippen LogP contribution in [-0.4, -0.2) is 24.8 Å². The number of fused-ring (bicyclic) bond motifs is 2. The standard InChI is InChI=1S/C18H18N2O4S/c1-11(17-14-8-4-5-9-16(14)24-19-17)25(22,23)20-18-13-7-3-2-6-12(13)10-15(18)21/h2-9,11,15,18,20-21H,10H2,1H3/t11-,15?,18?/m1/s1. The molecule has 6 nitrogen and oxygen atoms in total. The van der Waals surface area contributed by atoms with Crippen molar-refractivity contribution >= 4 is 21.0 Å². The van der Waals surface area contributed by atoms with Gasteiger partial charge in [0.25, 0.3) is 0 Å². The topological polar surface area (TPSA) is 92.4 Å². The maximum atomic E-state index is 12.9. The molecule has 4 rings (SSSR count). The number of nitrogens with zero attached hydrogens (tertiary/aromatic N) is 1. The van der Waals surface area contributed by atoms with E-state index in [-0.39, 0.29) is 0 Å². The van der Waals surface area contributed by atoms with E-state index >= 15 is 0 Å². The van der Waals surface area contributed by atoms with E-state index in [1.54, 1.807) is 25.1 Å². The SMILES string of the molecule is C[C@H](c1noc2ccccc12)S(=O)(=O)NC1c2ccccc2CC1O. The molecule has 0 aliphatic heterocycles. The Labute approximate surface area is 145 Å². The van der Waals surface area contributed by atoms with Crippen LogP contribution in [0.15, 0.2) is 53.1 Å². The zero-order valence-corrected chi connectivity index (χ0v) is 14.4. The summed E-state index contributed by atoms with van der Waals surface area (Å²) in [5, 5.41) is 14.0. The molecule has 2 N–H and O–H groups in total. The Bertz CT molecular complexity index is 1030. The lowest BCUT2D eigenvalue weighted by molar-refractivity contribution is 0.151. The van der Waals surface area contributed by atoms with Gasteiger partial charge in [-0.25, -0.2) is 13.1 Å². The average Bonchev–Trinajstić information content (AvgIpc) is 3.16. The Morgan fingerprint density at radius 2 is 1.92 bits per heavy atom. The van der Waals surface area contributed by atoms with E-state index in [0.717, 1.165) is 11.1 Å². The summed E-state index contributed by atoms with van der Waals surface area (Å²) in [6, 6.07) is 14.0. The molecule has 3 aromatic rings. The van der Waals surface area contributed by atoms with Crippen molar-refractivity contribution < 1.29 is 18.0 Å². The minimum atomic E-state index is -3.77. The highest BCUT2D eigenvalue weighted by atomic mass is 32.2. The highest BCUT2D eigenvalue weighted by Gasteiger charge is 2.37. The molecule has 0 spiro atoms. The van der Waals surface area contributed by atoms with Crippen LogP contribution in [0, 0.1) is 0 Å². The van der Waals surface area contributed by atoms with Crippen molar-refractivity contribution in [2.24, 2.45) is 0 Å². The normalized spacial score (nSPS) is 21.4. The Hall–Kier alpha value is -2.22. The lowest BCUT2D eigenvalue weighted by Gasteiger charge is -2.20. The number of hydrogen-bond donors (Lipinski definition) is 2. The third kappa shape index (κ3) is 2.74. The predicted molar refractivity (Wildman–Crippen MR) is 93.4 cm³/mol. The van der Waals surface area contributed by atoms with Gasteiger partial charge in [0.1, 0.15) is 10.9 Å². The lowest BCUT2D eigenvalue weighted by Crippen LogP contribution is -2.36. The second kappa shape index (κ2) is 5.94. The second-order valence-electron chi connectivity index (χ2n) is 6.32. The molecule has 7 heteroatoms. The molecule has 0 fully saturated rings. The van der Waals surface area contributed by atoms with Crippen LogP contribution in [0.1, 0.15) is 35.0 Å². The summed E-state index contributed by atoms with van der Waals surface area (Å²) >= 11 is 0. The fourth-order valence-electron chi connectivity index (χ4n) is 3.34. The summed E-state index contributed by atoms with van der Waals surface area (Å²) in [6.07, 6.45) is -0.349. The first-order chi connectivity index (χ1) is 12.0. The largest absolute Gasteiger partial charge is 0.391 e. The smallest absolute Gasteiger partial charge is 0.220 e. The molecular weight excluding hydrogens is 340 g/mol. The van der Waals surface area contributed by atoms with Crippen molar-refractivity contribution in [1.82, 2.24) is 9.88 Å². The van der Waals surface area contributed by atoms with Crippen LogP contribution in [0.25, 0.3) is 11.0 Å². The first-order valence-corrected chi connectivity index (χ1v) is 9.63. The number of aliphatic hydroxyl groups excluding tert-OH is 1. The molecule has 130 valence electrons. The Balaban J connectivity index is 1.66. The first-order valence-electron chi connectivity index (χ1n) is 8.08. The molecule has 1 aliphatic carbocycles. The third-order valence-electron chi connectivity index (χ3n) is 4.75. The van der Waals surface area contributed by atoms with Gasteiger partial charge >= 0.3 is 0 Å². The van der Waals surface area contributed by atoms with Gasteiger partial charge in [-0.05, 0) is 30.2 Å². The van der Waals surface area contributed by atoms with Crippen LogP contribution in [0.4, 0.5) is 0 Å². The Morgan fingerprint density at radius 3 is 2.76 bits per heavy atom. The van der Waals surface area contributed by atoms with Crippen molar-refractivity contribution in [2.75, 3.05) is 0 Å². The van der Waals surface area contributed by atoms with E-state index < -0.39 is 27.4 Å². The summed E-state index contributed by atoms with van der Waals surface area (Å²) in [6.45, 7) is 1.57. The van der Waals surface area contributed by atoms with Crippen LogP contribution in [-0.2, 0) is 16.4 Å². The molecule has 1 heterocycles. The van der Waals surface area contributed by atoms with Crippen molar-refractivity contribution in [1.29, 1.82) is 0 Å². The third-order valence-corrected chi connectivity index (χ3v) is 6.49. The zero-order chi connectivity index (χ0) is 17.6. The van der Waals surface area contributed by atoms with Crippen LogP contribution >= 0.6 is 0 Å². The monoisotopic (exact) mass is 358 g/mol. The van der Waals surface area contributed by atoms with E-state index in [1.165, 1.54) is 0 Å². The number of para-hydroxylation sites is 1. The van der Waals surface area contributed by atoms with Gasteiger partial charge in [-0.1, -0.05) is 41.6 Å². The molecule has 25 heavy (non-hydrogen) atoms. The number of aromatic nitrogens is 1. The zero-order valence-electron chi connectivity index (χ0n) is 13.6. The minimum Gasteiger partial charge on any atom is -0.391 e. The quantitative estimate of drug-likeness (QED) is 0.747. The van der Waals surface area contributed by atoms with Crippen molar-refractivity contribution in [3.05, 3.63) is 65.4 Å². The highest BCUT2D eigenvalue weighted by molar-refractivity contribution is 7.89. The van der Waals surface area contributed by atoms with Crippen molar-refractivity contribution in [3.63, 3.8) is 0 Å². The van der Waals surface area contributed by atoms with Crippen LogP contribution in [0.3, 0.4) is 0 Å². The fraction of sp³-hybridized carbons (Fsp3) is 0.278. The predicted octanol–water partition coefficient (Wildman–Crippen LogP) is 2.47. The van der Waals surface area contributed by atoms with E-state index in [0.29, 0.717) is 23.1 Å². The van der Waals surface area contributed by atoms with Crippen LogP contribution in [0.5, 0.6) is 0 Å². The van der Waals surface area contributed by atoms with Gasteiger partial charge < -0.3 is 9.63 Å². The minimum absolute atomic E-state index is 0.365. The van der Waals surface area contributed by atoms with Crippen LogP contribution in [0.2, 0.25) is 0 Å². The molecular formula is C18H18N2O4S. The van der Waals surface area contributed by atoms with Gasteiger partial charge in [0.2, 0.25) is 10.0 Å². The van der Waals surface area contributed by atoms with Crippen molar-refractivity contribution in [3.8, 4) is 0 Å². The average molecular weight is 358 g/mol. The van der Waals surface area contributed by atoms with E-state index in [4.69, 9.17) is 4.52 Å². The summed E-state index contributed by atoms with van der Waals surface area (Å²) in [7, 11) is -3.77. The number of benzene rings is 2. The molecule has 0 saturated carbocycles. The molecule has 2 aromatic carbocycles. The molecule has 2 unspecified atom stereocenters. The number of nitrogens with one attached hydrogen (secondary N) is 1. The fourth-order valence-corrected chi connectivity index (χ4v) is 4.65. The molecule has 0 radical (unpaired) electrons. The van der Waals surface area contributed by atoms with Crippen molar-refractivity contribution in [2.45, 2.75) is 30.7 Å². The summed E-state index contributed by atoms with van der Waals surface area (Å²) in [5.41, 5.74) is 2.69. The molecule has 0 bridgehead atoms. The number of hydrogen-bond acceptors (Lipinski definition) is 5. The Morgan fingerprint density at radius 1 is 1.20 bits per heavy atom. The van der Waals surface area contributed by atoms with Gasteiger partial charge in [0.15, 0.2) is 5.58 Å². The second-order valence-corrected chi connectivity index (χ2v) is 8.35. The summed E-state index contributed by atoms with van der Waals surface area (Å²) in [4.78, 5) is 0. The van der Waals surface area contributed by atoms with Gasteiger partial charge in [-0.3, -0.25) is 0 Å². The highest BCUT2D eigenvalue weighted by Crippen LogP contribution is 2.34. The number of sulfonamides is 1. The maximum Gasteiger partial charge on any atom is 0.220 e. The maximum absolute atomic E-state index is 12.9. The Kier molecular flexibility index (Phi) is 3.87. The van der Waals surface area contributed by atoms with E-state index in [2.05, 4.69) is 9.88 Å². The van der Waals surface area contributed by atoms with Gasteiger partial charge in [-0.2, -0.15) is 0 Å². The number of rotatable bonds is 4. The molecule has 1 aromatic heterocycles. The lowest BCUT2D eigenvalue weighted by atomic mass is 10.1. The molecule has 3 atom stereocenters. The van der Waals surface area contributed by atoms with Gasteiger partial charge in [0.05, 0.1) is 12.1 Å². The van der Waals surface area contributed by atoms with Crippen LogP contribution < -0.4 is 4.72 Å². The van der Waals surface area contributed by atoms with E-state index in [9.17, 15) is 13.5 Å². The first kappa shape index (κ1) is 16.3. The molecule has 1 aliphatic rings. The number of aliphatic hydroxyl groups is 1. The molecule has 0 amide bonds. The van der Waals surface area contributed by atoms with E-state index in [1.807, 2.05) is 30.3 Å². The van der Waals surface area contributed by atoms with Gasteiger partial charge in [-0.15, -0.1) is 0 Å². The molecule has 0 saturated heterocycles. The summed E-state index contributed by atoms with van der Waals surface area (Å²) < 4.78 is 33.6. The van der Waals surface area contributed by atoms with Gasteiger partial charge in [0, 0.05) is 11.8 Å². The summed E-state index contributed by atoms with van der Waals surface area (Å²) in [5.74, 6) is 0.